The van der Waals surface area contributed by atoms with E-state index < -0.39 is 0 Å². The molecule has 17 heavy (non-hydrogen) atoms. The summed E-state index contributed by atoms with van der Waals surface area (Å²) in [4.78, 5) is 21.7. The summed E-state index contributed by atoms with van der Waals surface area (Å²) in [5.74, 6) is -0.693. The summed E-state index contributed by atoms with van der Waals surface area (Å²) >= 11 is 0. The molecule has 4 nitrogen and oxygen atoms in total. The largest absolute Gasteiger partial charge is 0.458 e. The Hall–Kier alpha value is -1.32. The molecule has 0 fully saturated rings. The molecule has 0 heterocycles. The fourth-order valence-corrected chi connectivity index (χ4v) is 1.41. The topological polar surface area (TPSA) is 52.6 Å². The molecule has 98 valence electrons. The number of esters is 2. The van der Waals surface area contributed by atoms with Gasteiger partial charge in [0.15, 0.2) is 0 Å². The van der Waals surface area contributed by atoms with Gasteiger partial charge in [0.1, 0.15) is 6.10 Å². The quantitative estimate of drug-likeness (QED) is 0.391. The molecule has 1 atom stereocenters. The Bertz CT molecular complexity index is 281. The van der Waals surface area contributed by atoms with Crippen LogP contribution in [-0.4, -0.2) is 18.0 Å². The first kappa shape index (κ1) is 15.7. The molecule has 0 aromatic rings. The average molecular weight is 242 g/mol. The van der Waals surface area contributed by atoms with Gasteiger partial charge in [0, 0.05) is 19.4 Å². The van der Waals surface area contributed by atoms with Gasteiger partial charge in [0.05, 0.1) is 6.26 Å². The zero-order valence-electron chi connectivity index (χ0n) is 11.1. The summed E-state index contributed by atoms with van der Waals surface area (Å²) < 4.78 is 9.97. The number of hydrogen-bond acceptors (Lipinski definition) is 4. The number of unbranched alkanes of at least 4 members (excludes halogenated alkanes) is 2. The SMILES string of the molecule is CCCCCC(OC(C)=O)C(C)=COC(C)=O. The van der Waals surface area contributed by atoms with Crippen molar-refractivity contribution in [3.05, 3.63) is 11.8 Å². The highest BCUT2D eigenvalue weighted by Gasteiger charge is 2.14. The first-order valence-electron chi connectivity index (χ1n) is 5.98. The lowest BCUT2D eigenvalue weighted by Gasteiger charge is -2.17. The monoisotopic (exact) mass is 242 g/mol. The Morgan fingerprint density at radius 1 is 1.12 bits per heavy atom. The number of carbonyl (C=O) groups excluding carboxylic acids is 2. The maximum atomic E-state index is 11.0. The predicted octanol–water partition coefficient (Wildman–Crippen LogP) is 2.97. The number of rotatable bonds is 7. The van der Waals surface area contributed by atoms with Crippen LogP contribution in [0.3, 0.4) is 0 Å². The molecule has 0 aliphatic rings. The van der Waals surface area contributed by atoms with Gasteiger partial charge in [-0.05, 0) is 19.8 Å². The lowest BCUT2D eigenvalue weighted by atomic mass is 10.1. The van der Waals surface area contributed by atoms with E-state index in [-0.39, 0.29) is 18.0 Å². The zero-order valence-corrected chi connectivity index (χ0v) is 11.1. The van der Waals surface area contributed by atoms with Crippen molar-refractivity contribution in [2.24, 2.45) is 0 Å². The van der Waals surface area contributed by atoms with E-state index in [0.717, 1.165) is 31.3 Å². The van der Waals surface area contributed by atoms with Crippen LogP contribution in [0, 0.1) is 0 Å². The molecule has 1 unspecified atom stereocenters. The molecule has 0 amide bonds. The zero-order chi connectivity index (χ0) is 13.3. The molecular formula is C13H22O4. The van der Waals surface area contributed by atoms with E-state index in [0.29, 0.717) is 0 Å². The van der Waals surface area contributed by atoms with Gasteiger partial charge in [-0.1, -0.05) is 19.8 Å². The Morgan fingerprint density at radius 2 is 1.76 bits per heavy atom. The Kier molecular flexibility index (Phi) is 8.11. The Labute approximate surface area is 103 Å². The van der Waals surface area contributed by atoms with Crippen LogP contribution < -0.4 is 0 Å². The third-order valence-electron chi connectivity index (χ3n) is 2.30. The van der Waals surface area contributed by atoms with Gasteiger partial charge in [0.2, 0.25) is 0 Å². The van der Waals surface area contributed by atoms with Crippen LogP contribution in [0.25, 0.3) is 0 Å². The molecule has 0 aromatic carbocycles. The second-order valence-corrected chi connectivity index (χ2v) is 4.07. The fraction of sp³-hybridized carbons (Fsp3) is 0.692. The van der Waals surface area contributed by atoms with Gasteiger partial charge >= 0.3 is 11.9 Å². The van der Waals surface area contributed by atoms with E-state index >= 15 is 0 Å². The molecule has 4 heteroatoms. The van der Waals surface area contributed by atoms with Crippen molar-refractivity contribution in [2.45, 2.75) is 59.5 Å². The van der Waals surface area contributed by atoms with Crippen LogP contribution in [0.15, 0.2) is 11.8 Å². The standard InChI is InChI=1S/C13H22O4/c1-5-6-7-8-13(17-12(4)15)10(2)9-16-11(3)14/h9,13H,5-8H2,1-4H3. The van der Waals surface area contributed by atoms with E-state index in [4.69, 9.17) is 9.47 Å². The normalized spacial score (nSPS) is 13.1. The van der Waals surface area contributed by atoms with E-state index in [1.807, 2.05) is 0 Å². The van der Waals surface area contributed by atoms with E-state index in [2.05, 4.69) is 6.92 Å². The van der Waals surface area contributed by atoms with Gasteiger partial charge < -0.3 is 9.47 Å². The molecule has 0 radical (unpaired) electrons. The highest BCUT2D eigenvalue weighted by Crippen LogP contribution is 2.15. The second-order valence-electron chi connectivity index (χ2n) is 4.07. The first-order valence-corrected chi connectivity index (χ1v) is 5.98. The van der Waals surface area contributed by atoms with Gasteiger partial charge in [-0.15, -0.1) is 0 Å². The van der Waals surface area contributed by atoms with Crippen LogP contribution in [0.5, 0.6) is 0 Å². The average Bonchev–Trinajstić information content (AvgIpc) is 2.24. The summed E-state index contributed by atoms with van der Waals surface area (Å²) in [6, 6.07) is 0. The van der Waals surface area contributed by atoms with Gasteiger partial charge in [-0.2, -0.15) is 0 Å². The summed E-state index contributed by atoms with van der Waals surface area (Å²) in [6.45, 7) is 6.62. The number of hydrogen-bond donors (Lipinski definition) is 0. The van der Waals surface area contributed by atoms with Crippen LogP contribution in [0.1, 0.15) is 53.4 Å². The van der Waals surface area contributed by atoms with Gasteiger partial charge in [-0.3, -0.25) is 9.59 Å². The molecule has 0 bridgehead atoms. The number of ether oxygens (including phenoxy) is 2. The van der Waals surface area contributed by atoms with E-state index in [1.165, 1.54) is 20.1 Å². The van der Waals surface area contributed by atoms with Crippen LogP contribution >= 0.6 is 0 Å². The lowest BCUT2D eigenvalue weighted by molar-refractivity contribution is -0.145. The van der Waals surface area contributed by atoms with Crippen molar-refractivity contribution in [3.8, 4) is 0 Å². The minimum absolute atomic E-state index is 0.293. The Morgan fingerprint density at radius 3 is 2.24 bits per heavy atom. The summed E-state index contributed by atoms with van der Waals surface area (Å²) in [7, 11) is 0. The van der Waals surface area contributed by atoms with Crippen molar-refractivity contribution in [1.29, 1.82) is 0 Å². The third kappa shape index (κ3) is 8.48. The highest BCUT2D eigenvalue weighted by molar-refractivity contribution is 5.67. The highest BCUT2D eigenvalue weighted by atomic mass is 16.5. The fourth-order valence-electron chi connectivity index (χ4n) is 1.41. The van der Waals surface area contributed by atoms with Gasteiger partial charge in [-0.25, -0.2) is 0 Å². The molecule has 0 N–H and O–H groups in total. The molecule has 0 saturated heterocycles. The van der Waals surface area contributed by atoms with Crippen LogP contribution in [0.4, 0.5) is 0 Å². The minimum Gasteiger partial charge on any atom is -0.458 e. The maximum Gasteiger partial charge on any atom is 0.307 e. The van der Waals surface area contributed by atoms with Crippen molar-refractivity contribution < 1.29 is 19.1 Å². The van der Waals surface area contributed by atoms with Gasteiger partial charge in [0.25, 0.3) is 0 Å². The molecule has 0 rings (SSSR count). The summed E-state index contributed by atoms with van der Waals surface area (Å²) in [6.07, 6.45) is 5.02. The molecular weight excluding hydrogens is 220 g/mol. The molecule has 0 saturated carbocycles. The smallest absolute Gasteiger partial charge is 0.307 e. The van der Waals surface area contributed by atoms with Crippen LogP contribution in [0.2, 0.25) is 0 Å². The molecule has 0 aromatic heterocycles. The molecule has 0 spiro atoms. The summed E-state index contributed by atoms with van der Waals surface area (Å²) in [5.41, 5.74) is 0.756. The number of carbonyl (C=O) groups is 2. The molecule has 0 aliphatic heterocycles. The lowest BCUT2D eigenvalue weighted by Crippen LogP contribution is -2.18. The Balaban J connectivity index is 4.37. The second kappa shape index (κ2) is 8.79. The summed E-state index contributed by atoms with van der Waals surface area (Å²) in [5, 5.41) is 0. The maximum absolute atomic E-state index is 11.0. The van der Waals surface area contributed by atoms with Crippen LogP contribution in [-0.2, 0) is 19.1 Å². The van der Waals surface area contributed by atoms with Crippen molar-refractivity contribution in [2.75, 3.05) is 0 Å². The van der Waals surface area contributed by atoms with E-state index in [9.17, 15) is 9.59 Å². The predicted molar refractivity (Wildman–Crippen MR) is 65.2 cm³/mol. The molecule has 0 aliphatic carbocycles. The minimum atomic E-state index is -0.375. The third-order valence-corrected chi connectivity index (χ3v) is 2.30. The van der Waals surface area contributed by atoms with Crippen molar-refractivity contribution >= 4 is 11.9 Å². The van der Waals surface area contributed by atoms with Crippen molar-refractivity contribution in [1.82, 2.24) is 0 Å². The first-order chi connectivity index (χ1) is 7.97. The van der Waals surface area contributed by atoms with Crippen molar-refractivity contribution in [3.63, 3.8) is 0 Å². The van der Waals surface area contributed by atoms with E-state index in [1.54, 1.807) is 6.92 Å².